The molecule has 2 heterocycles. The van der Waals surface area contributed by atoms with Crippen molar-refractivity contribution < 1.29 is 13.9 Å². The zero-order valence-electron chi connectivity index (χ0n) is 16.6. The van der Waals surface area contributed by atoms with E-state index < -0.39 is 0 Å². The van der Waals surface area contributed by atoms with Gasteiger partial charge in [0.25, 0.3) is 0 Å². The van der Waals surface area contributed by atoms with E-state index in [9.17, 15) is 9.18 Å². The lowest BCUT2D eigenvalue weighted by Crippen LogP contribution is -2.41. The molecule has 0 bridgehead atoms. The van der Waals surface area contributed by atoms with Gasteiger partial charge < -0.3 is 15.0 Å². The first-order chi connectivity index (χ1) is 14.2. The van der Waals surface area contributed by atoms with Crippen LogP contribution in [0.25, 0.3) is 0 Å². The average Bonchev–Trinajstić information content (AvgIpc) is 3.22. The van der Waals surface area contributed by atoms with Crippen molar-refractivity contribution in [3.8, 4) is 0 Å². The summed E-state index contributed by atoms with van der Waals surface area (Å²) in [7, 11) is 1.55. The van der Waals surface area contributed by atoms with Crippen molar-refractivity contribution in [2.45, 2.75) is 19.0 Å². The molecule has 0 fully saturated rings. The number of benzene rings is 2. The number of thiophene rings is 1. The highest BCUT2D eigenvalue weighted by atomic mass is 35.5. The van der Waals surface area contributed by atoms with Crippen LogP contribution in [0.3, 0.4) is 0 Å². The van der Waals surface area contributed by atoms with Gasteiger partial charge in [-0.1, -0.05) is 24.3 Å². The summed E-state index contributed by atoms with van der Waals surface area (Å²) >= 11 is 1.75. The molecule has 158 valence electrons. The van der Waals surface area contributed by atoms with Crippen LogP contribution in [0.15, 0.2) is 60.0 Å². The van der Waals surface area contributed by atoms with Gasteiger partial charge in [-0.25, -0.2) is 4.39 Å². The number of carbonyl (C=O) groups is 1. The van der Waals surface area contributed by atoms with E-state index in [1.807, 2.05) is 17.0 Å². The molecule has 7 heteroatoms. The molecular formula is C23H24ClFN2O2S. The normalized spacial score (nSPS) is 15.3. The lowest BCUT2D eigenvalue weighted by Gasteiger charge is -2.36. The number of nitrogens with one attached hydrogen (secondary N) is 1. The molecule has 0 radical (unpaired) electrons. The molecule has 1 unspecified atom stereocenters. The van der Waals surface area contributed by atoms with Crippen LogP contribution in [0, 0.1) is 5.82 Å². The highest BCUT2D eigenvalue weighted by Crippen LogP contribution is 2.38. The number of amides is 1. The molecule has 30 heavy (non-hydrogen) atoms. The summed E-state index contributed by atoms with van der Waals surface area (Å²) in [6, 6.07) is 16.7. The number of ether oxygens (including phenoxy) is 1. The monoisotopic (exact) mass is 446 g/mol. The smallest absolute Gasteiger partial charge is 0.249 e. The summed E-state index contributed by atoms with van der Waals surface area (Å²) in [5, 5.41) is 5.46. The molecule has 2 aromatic carbocycles. The predicted molar refractivity (Wildman–Crippen MR) is 121 cm³/mol. The summed E-state index contributed by atoms with van der Waals surface area (Å²) in [5.41, 5.74) is 4.29. The second-order valence-corrected chi connectivity index (χ2v) is 8.07. The molecule has 4 rings (SSSR count). The fraction of sp³-hybridized carbons (Fsp3) is 0.261. The molecule has 0 saturated carbocycles. The molecule has 1 aromatic heterocycles. The second kappa shape index (κ2) is 10.1. The summed E-state index contributed by atoms with van der Waals surface area (Å²) in [6.45, 7) is 1.41. The molecule has 0 aliphatic carbocycles. The number of nitrogens with zero attached hydrogens (tertiary/aromatic N) is 1. The highest BCUT2D eigenvalue weighted by molar-refractivity contribution is 7.10. The summed E-state index contributed by atoms with van der Waals surface area (Å²) < 4.78 is 18.1. The van der Waals surface area contributed by atoms with Gasteiger partial charge in [0.2, 0.25) is 5.91 Å². The number of methoxy groups -OCH3 is 1. The fourth-order valence-corrected chi connectivity index (χ4v) is 4.64. The third-order valence-corrected chi connectivity index (χ3v) is 6.19. The van der Waals surface area contributed by atoms with Gasteiger partial charge in [-0.3, -0.25) is 4.79 Å². The quantitative estimate of drug-likeness (QED) is 0.576. The molecular weight excluding hydrogens is 423 g/mol. The van der Waals surface area contributed by atoms with E-state index in [2.05, 4.69) is 28.9 Å². The van der Waals surface area contributed by atoms with E-state index in [4.69, 9.17) is 4.74 Å². The van der Waals surface area contributed by atoms with Crippen LogP contribution in [0.4, 0.5) is 10.1 Å². The van der Waals surface area contributed by atoms with Crippen molar-refractivity contribution in [3.63, 3.8) is 0 Å². The molecule has 3 aromatic rings. The van der Waals surface area contributed by atoms with E-state index in [0.717, 1.165) is 23.2 Å². The Labute approximate surface area is 186 Å². The summed E-state index contributed by atoms with van der Waals surface area (Å²) in [5.74, 6) is -0.223. The van der Waals surface area contributed by atoms with Crippen LogP contribution in [0.2, 0.25) is 0 Å². The minimum absolute atomic E-state index is 0. The minimum atomic E-state index is -0.231. The van der Waals surface area contributed by atoms with Crippen molar-refractivity contribution in [3.05, 3.63) is 87.4 Å². The number of halogens is 2. The first-order valence-corrected chi connectivity index (χ1v) is 10.5. The van der Waals surface area contributed by atoms with Crippen molar-refractivity contribution >= 4 is 35.3 Å². The highest BCUT2D eigenvalue weighted by Gasteiger charge is 2.32. The van der Waals surface area contributed by atoms with Gasteiger partial charge in [-0.05, 0) is 58.8 Å². The molecule has 1 N–H and O–H groups in total. The second-order valence-electron chi connectivity index (χ2n) is 7.07. The van der Waals surface area contributed by atoms with Crippen LogP contribution >= 0.6 is 23.7 Å². The first-order valence-electron chi connectivity index (χ1n) is 9.58. The Morgan fingerprint density at radius 1 is 1.17 bits per heavy atom. The van der Waals surface area contributed by atoms with E-state index in [1.165, 1.54) is 22.6 Å². The summed E-state index contributed by atoms with van der Waals surface area (Å²) in [6.07, 6.45) is 0.885. The van der Waals surface area contributed by atoms with Crippen LogP contribution in [-0.2, 0) is 22.5 Å². The number of hydrogen-bond acceptors (Lipinski definition) is 4. The Kier molecular flexibility index (Phi) is 7.48. The lowest BCUT2D eigenvalue weighted by molar-refractivity contribution is -0.137. The Bertz CT molecular complexity index is 976. The fourth-order valence-electron chi connectivity index (χ4n) is 3.74. The standard InChI is InChI=1S/C23H23FN2O2S.ClH/c1-28-15-22(27)26-12-10-21-20(11-13-29-21)23(26)17-4-8-19(9-5-17)25-14-16-2-6-18(24)7-3-16;/h2-9,11,13,23,25H,10,12,14-15H2,1H3;1H. The molecule has 4 nitrogen and oxygen atoms in total. The van der Waals surface area contributed by atoms with Crippen LogP contribution < -0.4 is 5.32 Å². The van der Waals surface area contributed by atoms with E-state index in [-0.39, 0.29) is 36.8 Å². The zero-order chi connectivity index (χ0) is 20.2. The maximum Gasteiger partial charge on any atom is 0.249 e. The molecule has 0 spiro atoms. The topological polar surface area (TPSA) is 41.6 Å². The number of carbonyl (C=O) groups excluding carboxylic acids is 1. The van der Waals surface area contributed by atoms with Crippen molar-refractivity contribution in [2.75, 3.05) is 25.6 Å². The van der Waals surface area contributed by atoms with Crippen molar-refractivity contribution in [1.29, 1.82) is 0 Å². The first kappa shape index (κ1) is 22.3. The van der Waals surface area contributed by atoms with Gasteiger partial charge in [0.15, 0.2) is 0 Å². The van der Waals surface area contributed by atoms with E-state index in [0.29, 0.717) is 13.1 Å². The average molecular weight is 447 g/mol. The minimum Gasteiger partial charge on any atom is -0.381 e. The Hall–Kier alpha value is -2.41. The zero-order valence-corrected chi connectivity index (χ0v) is 18.3. The van der Waals surface area contributed by atoms with Crippen molar-refractivity contribution in [1.82, 2.24) is 4.90 Å². The Morgan fingerprint density at radius 3 is 2.60 bits per heavy atom. The van der Waals surface area contributed by atoms with Gasteiger partial charge in [-0.15, -0.1) is 23.7 Å². The van der Waals surface area contributed by atoms with E-state index in [1.54, 1.807) is 30.6 Å². The van der Waals surface area contributed by atoms with Crippen LogP contribution in [-0.4, -0.2) is 31.1 Å². The van der Waals surface area contributed by atoms with Crippen molar-refractivity contribution in [2.24, 2.45) is 0 Å². The molecule has 1 aliphatic rings. The number of rotatable bonds is 6. The third kappa shape index (κ3) is 4.83. The number of anilines is 1. The lowest BCUT2D eigenvalue weighted by atomic mass is 9.93. The molecule has 1 amide bonds. The number of fused-ring (bicyclic) bond motifs is 1. The van der Waals surface area contributed by atoms with Gasteiger partial charge in [0, 0.05) is 30.8 Å². The molecule has 1 aliphatic heterocycles. The number of hydrogen-bond donors (Lipinski definition) is 1. The Morgan fingerprint density at radius 2 is 1.90 bits per heavy atom. The SMILES string of the molecule is COCC(=O)N1CCc2sccc2C1c1ccc(NCc2ccc(F)cc2)cc1.Cl. The maximum absolute atomic E-state index is 13.0. The van der Waals surface area contributed by atoms with Gasteiger partial charge in [-0.2, -0.15) is 0 Å². The Balaban J connectivity index is 0.00000256. The molecule has 0 saturated heterocycles. The van der Waals surface area contributed by atoms with Crippen LogP contribution in [0.5, 0.6) is 0 Å². The largest absolute Gasteiger partial charge is 0.381 e. The third-order valence-electron chi connectivity index (χ3n) is 5.19. The van der Waals surface area contributed by atoms with E-state index >= 15 is 0 Å². The van der Waals surface area contributed by atoms with Gasteiger partial charge in [0.1, 0.15) is 12.4 Å². The predicted octanol–water partition coefficient (Wildman–Crippen LogP) is 5.04. The van der Waals surface area contributed by atoms with Gasteiger partial charge in [0.05, 0.1) is 6.04 Å². The van der Waals surface area contributed by atoms with Gasteiger partial charge >= 0.3 is 0 Å². The maximum atomic E-state index is 13.0. The summed E-state index contributed by atoms with van der Waals surface area (Å²) in [4.78, 5) is 15.9. The van der Waals surface area contributed by atoms with Crippen LogP contribution in [0.1, 0.15) is 27.6 Å². The molecule has 1 atom stereocenters.